The van der Waals surface area contributed by atoms with Crippen LogP contribution in [0.3, 0.4) is 0 Å². The first-order valence-corrected chi connectivity index (χ1v) is 19.4. The van der Waals surface area contributed by atoms with E-state index in [0.717, 1.165) is 67.0 Å². The molecule has 0 unspecified atom stereocenters. The zero-order chi connectivity index (χ0) is 38.8. The number of aliphatic hydroxyl groups is 1. The van der Waals surface area contributed by atoms with E-state index in [2.05, 4.69) is 20.4 Å². The largest absolute Gasteiger partial charge is 0.508 e. The standard InChI is InChI=1S/C22H28N2O3.C16H17NO3.C6H13NO/c25-22(27-18-20-6-2-1-3-7-20)23-13-12-19-8-10-21(11-9-19)26-17-5-16-24-14-4-15-24;18-15-8-6-13(7-9-15)10-11-17-16(19)20-12-14-4-2-1-3-5-14;8-6-2-5-7-3-1-4-7/h1-3,6-11H,4-5,12-18H2,(H,23,25);1-9,18H,10-12H2,(H,17,19);8H,1-6H2. The van der Waals surface area contributed by atoms with Crippen LogP contribution in [0.2, 0.25) is 0 Å². The number of phenols is 1. The van der Waals surface area contributed by atoms with E-state index >= 15 is 0 Å². The maximum absolute atomic E-state index is 11.7. The molecule has 11 nitrogen and oxygen atoms in total. The van der Waals surface area contributed by atoms with E-state index in [1.54, 1.807) is 12.1 Å². The quantitative estimate of drug-likeness (QED) is 0.0834. The van der Waals surface area contributed by atoms with Crippen molar-refractivity contribution in [2.45, 2.75) is 51.7 Å². The van der Waals surface area contributed by atoms with Gasteiger partial charge in [0.1, 0.15) is 24.7 Å². The summed E-state index contributed by atoms with van der Waals surface area (Å²) in [7, 11) is 0. The highest BCUT2D eigenvalue weighted by Crippen LogP contribution is 2.14. The van der Waals surface area contributed by atoms with Crippen LogP contribution in [-0.4, -0.2) is 97.8 Å². The van der Waals surface area contributed by atoms with Crippen molar-refractivity contribution >= 4 is 12.2 Å². The summed E-state index contributed by atoms with van der Waals surface area (Å²) in [6.45, 7) is 9.90. The number of benzene rings is 4. The van der Waals surface area contributed by atoms with Crippen molar-refractivity contribution in [3.05, 3.63) is 131 Å². The minimum absolute atomic E-state index is 0.240. The number of aromatic hydroxyl groups is 1. The number of ether oxygens (including phenoxy) is 3. The fourth-order valence-electron chi connectivity index (χ4n) is 5.56. The first kappa shape index (κ1) is 42.6. The number of carbonyl (C=O) groups excluding carboxylic acids is 2. The molecule has 296 valence electrons. The van der Waals surface area contributed by atoms with Gasteiger partial charge in [0, 0.05) is 32.8 Å². The number of rotatable bonds is 18. The van der Waals surface area contributed by atoms with Crippen molar-refractivity contribution in [2.75, 3.05) is 65.6 Å². The number of amides is 2. The van der Waals surface area contributed by atoms with Gasteiger partial charge in [-0.3, -0.25) is 0 Å². The summed E-state index contributed by atoms with van der Waals surface area (Å²) >= 11 is 0. The average Bonchev–Trinajstić information content (AvgIpc) is 3.18. The third-order valence-corrected chi connectivity index (χ3v) is 9.07. The van der Waals surface area contributed by atoms with Gasteiger partial charge in [0.15, 0.2) is 0 Å². The van der Waals surface area contributed by atoms with E-state index in [0.29, 0.717) is 26.1 Å². The van der Waals surface area contributed by atoms with Crippen LogP contribution >= 0.6 is 0 Å². The Kier molecular flexibility index (Phi) is 20.0. The smallest absolute Gasteiger partial charge is 0.407 e. The van der Waals surface area contributed by atoms with Gasteiger partial charge in [0.2, 0.25) is 0 Å². The maximum atomic E-state index is 11.7. The van der Waals surface area contributed by atoms with Gasteiger partial charge in [-0.1, -0.05) is 84.9 Å². The lowest BCUT2D eigenvalue weighted by molar-refractivity contribution is 0.139. The molecule has 2 aliphatic heterocycles. The van der Waals surface area contributed by atoms with Crippen LogP contribution < -0.4 is 15.4 Å². The fraction of sp³-hybridized carbons (Fsp3) is 0.409. The molecule has 2 amide bonds. The predicted octanol–water partition coefficient (Wildman–Crippen LogP) is 6.57. The normalized spacial score (nSPS) is 13.3. The minimum atomic E-state index is -0.423. The van der Waals surface area contributed by atoms with Gasteiger partial charge in [-0.2, -0.15) is 0 Å². The second-order valence-electron chi connectivity index (χ2n) is 13.5. The molecule has 2 fully saturated rings. The summed E-state index contributed by atoms with van der Waals surface area (Å²) < 4.78 is 16.1. The first-order chi connectivity index (χ1) is 27.0. The number of hydrogen-bond donors (Lipinski definition) is 4. The second-order valence-corrected chi connectivity index (χ2v) is 13.5. The summed E-state index contributed by atoms with van der Waals surface area (Å²) in [5.74, 6) is 1.14. The monoisotopic (exact) mass is 754 g/mol. The highest BCUT2D eigenvalue weighted by atomic mass is 16.6. The molecule has 0 radical (unpaired) electrons. The van der Waals surface area contributed by atoms with Gasteiger partial charge in [-0.05, 0) is 111 Å². The molecule has 0 aliphatic carbocycles. The first-order valence-electron chi connectivity index (χ1n) is 19.4. The lowest BCUT2D eigenvalue weighted by Gasteiger charge is -2.30. The zero-order valence-corrected chi connectivity index (χ0v) is 32.0. The van der Waals surface area contributed by atoms with Crippen LogP contribution in [0.25, 0.3) is 0 Å². The predicted molar refractivity (Wildman–Crippen MR) is 215 cm³/mol. The van der Waals surface area contributed by atoms with Crippen molar-refractivity contribution in [1.29, 1.82) is 0 Å². The van der Waals surface area contributed by atoms with Crippen LogP contribution in [0.1, 0.15) is 47.9 Å². The topological polar surface area (TPSA) is 133 Å². The van der Waals surface area contributed by atoms with E-state index in [9.17, 15) is 9.59 Å². The molecule has 4 aromatic carbocycles. The van der Waals surface area contributed by atoms with E-state index in [1.807, 2.05) is 97.1 Å². The lowest BCUT2D eigenvalue weighted by atomic mass is 10.1. The van der Waals surface area contributed by atoms with Gasteiger partial charge in [0.05, 0.1) is 6.61 Å². The van der Waals surface area contributed by atoms with Gasteiger partial charge in [0.25, 0.3) is 0 Å². The van der Waals surface area contributed by atoms with Crippen molar-refractivity contribution in [3.8, 4) is 11.5 Å². The average molecular weight is 755 g/mol. The number of phenolic OH excluding ortho intramolecular Hbond substituents is 1. The van der Waals surface area contributed by atoms with E-state index in [4.69, 9.17) is 24.4 Å². The molecule has 2 heterocycles. The van der Waals surface area contributed by atoms with Crippen molar-refractivity contribution in [1.82, 2.24) is 20.4 Å². The van der Waals surface area contributed by atoms with Gasteiger partial charge >= 0.3 is 12.2 Å². The third-order valence-electron chi connectivity index (χ3n) is 9.07. The Labute approximate surface area is 326 Å². The van der Waals surface area contributed by atoms with Gasteiger partial charge < -0.3 is 44.9 Å². The van der Waals surface area contributed by atoms with Crippen LogP contribution in [-0.2, 0) is 35.5 Å². The van der Waals surface area contributed by atoms with E-state index < -0.39 is 6.09 Å². The Morgan fingerprint density at radius 2 is 1.04 bits per heavy atom. The van der Waals surface area contributed by atoms with Crippen LogP contribution in [0, 0.1) is 0 Å². The van der Waals surface area contributed by atoms with Crippen molar-refractivity contribution in [3.63, 3.8) is 0 Å². The number of carbonyl (C=O) groups is 2. The Hall–Kier alpha value is -5.10. The summed E-state index contributed by atoms with van der Waals surface area (Å²) in [4.78, 5) is 28.0. The molecule has 4 N–H and O–H groups in total. The molecule has 11 heteroatoms. The Morgan fingerprint density at radius 1 is 0.582 bits per heavy atom. The Morgan fingerprint density at radius 3 is 1.47 bits per heavy atom. The van der Waals surface area contributed by atoms with Crippen molar-refractivity contribution < 1.29 is 34.0 Å². The molecule has 55 heavy (non-hydrogen) atoms. The summed E-state index contributed by atoms with van der Waals surface area (Å²) in [6, 6.07) is 34.2. The Bertz CT molecular complexity index is 1600. The summed E-state index contributed by atoms with van der Waals surface area (Å²) in [6.07, 6.45) is 5.34. The summed E-state index contributed by atoms with van der Waals surface area (Å²) in [5, 5.41) is 23.0. The number of nitrogens with one attached hydrogen (secondary N) is 2. The van der Waals surface area contributed by atoms with Crippen LogP contribution in [0.15, 0.2) is 109 Å². The Balaban J connectivity index is 0.000000209. The third kappa shape index (κ3) is 18.7. The van der Waals surface area contributed by atoms with Gasteiger partial charge in [-0.25, -0.2) is 9.59 Å². The molecular formula is C44H58N4O7. The highest BCUT2D eigenvalue weighted by molar-refractivity contribution is 5.67. The molecule has 0 bridgehead atoms. The number of likely N-dealkylation sites (tertiary alicyclic amines) is 2. The summed E-state index contributed by atoms with van der Waals surface area (Å²) in [5.41, 5.74) is 4.15. The SMILES string of the molecule is O=C(NCCc1ccc(O)cc1)OCc1ccccc1.O=C(NCCc1ccc(OCCCN2CCC2)cc1)OCc1ccccc1.OCCCN1CCC1. The number of hydrogen-bond acceptors (Lipinski definition) is 9. The minimum Gasteiger partial charge on any atom is -0.508 e. The van der Waals surface area contributed by atoms with E-state index in [-0.39, 0.29) is 25.1 Å². The van der Waals surface area contributed by atoms with Crippen LogP contribution in [0.4, 0.5) is 9.59 Å². The molecule has 0 saturated carbocycles. The molecule has 6 rings (SSSR count). The lowest BCUT2D eigenvalue weighted by Crippen LogP contribution is -2.38. The fourth-order valence-corrected chi connectivity index (χ4v) is 5.56. The highest BCUT2D eigenvalue weighted by Gasteiger charge is 2.13. The molecule has 0 atom stereocenters. The number of aliphatic hydroxyl groups excluding tert-OH is 1. The second kappa shape index (κ2) is 25.8. The van der Waals surface area contributed by atoms with E-state index in [1.165, 1.54) is 39.0 Å². The molecule has 0 spiro atoms. The number of nitrogens with zero attached hydrogens (tertiary/aromatic N) is 2. The maximum Gasteiger partial charge on any atom is 0.407 e. The molecule has 0 aromatic heterocycles. The van der Waals surface area contributed by atoms with Crippen LogP contribution in [0.5, 0.6) is 11.5 Å². The zero-order valence-electron chi connectivity index (χ0n) is 32.0. The molecule has 2 saturated heterocycles. The molecular weight excluding hydrogens is 697 g/mol. The van der Waals surface area contributed by atoms with Crippen molar-refractivity contribution in [2.24, 2.45) is 0 Å². The van der Waals surface area contributed by atoms with Gasteiger partial charge in [-0.15, -0.1) is 0 Å². The molecule has 4 aromatic rings. The molecule has 2 aliphatic rings. The number of alkyl carbamates (subject to hydrolysis) is 2.